The fourth-order valence-electron chi connectivity index (χ4n) is 5.17. The van der Waals surface area contributed by atoms with Gasteiger partial charge in [0.05, 0.1) is 7.11 Å². The number of methoxy groups -OCH3 is 1. The van der Waals surface area contributed by atoms with Crippen molar-refractivity contribution in [1.82, 2.24) is 4.90 Å². The summed E-state index contributed by atoms with van der Waals surface area (Å²) in [5.41, 5.74) is 1.85. The molecule has 0 radical (unpaired) electrons. The van der Waals surface area contributed by atoms with Crippen molar-refractivity contribution < 1.29 is 14.3 Å². The van der Waals surface area contributed by atoms with Crippen LogP contribution in [0.1, 0.15) is 84.9 Å². The van der Waals surface area contributed by atoms with Gasteiger partial charge in [-0.1, -0.05) is 44.6 Å². The van der Waals surface area contributed by atoms with Gasteiger partial charge < -0.3 is 15.0 Å². The van der Waals surface area contributed by atoms with E-state index in [1.54, 1.807) is 31.4 Å². The van der Waals surface area contributed by atoms with Gasteiger partial charge in [0.15, 0.2) is 0 Å². The average Bonchev–Trinajstić information content (AvgIpc) is 2.85. The van der Waals surface area contributed by atoms with Gasteiger partial charge in [-0.05, 0) is 68.1 Å². The molecule has 2 aliphatic rings. The van der Waals surface area contributed by atoms with E-state index in [2.05, 4.69) is 10.2 Å². The number of carbonyl (C=O) groups is 2. The molecule has 5 heteroatoms. The standard InChI is InChI=1S/C27H34N2O3/c1-32-25-17-15-20(16-18-25)26(30)28-22-10-8-9-21(19-22)27(31)29(23-11-4-2-5-12-23)24-13-6-3-7-14-24/h8-10,15-19,23-24H,2-7,11-14H2,1H3,(H,28,30). The van der Waals surface area contributed by atoms with Crippen LogP contribution in [0.4, 0.5) is 5.69 Å². The molecule has 1 N–H and O–H groups in total. The quantitative estimate of drug-likeness (QED) is 0.602. The number of benzene rings is 2. The molecule has 0 heterocycles. The van der Waals surface area contributed by atoms with Crippen molar-refractivity contribution in [1.29, 1.82) is 0 Å². The molecule has 2 aromatic rings. The van der Waals surface area contributed by atoms with Crippen LogP contribution < -0.4 is 10.1 Å². The first-order valence-electron chi connectivity index (χ1n) is 12.0. The molecule has 0 aromatic heterocycles. The first kappa shape index (κ1) is 22.4. The van der Waals surface area contributed by atoms with Crippen molar-refractivity contribution in [3.63, 3.8) is 0 Å². The maximum absolute atomic E-state index is 13.7. The number of amides is 2. The lowest BCUT2D eigenvalue weighted by Gasteiger charge is -2.42. The number of hydrogen-bond donors (Lipinski definition) is 1. The summed E-state index contributed by atoms with van der Waals surface area (Å²) < 4.78 is 5.16. The van der Waals surface area contributed by atoms with Gasteiger partial charge >= 0.3 is 0 Å². The molecule has 0 unspecified atom stereocenters. The fraction of sp³-hybridized carbons (Fsp3) is 0.481. The third-order valence-electron chi connectivity index (χ3n) is 6.89. The molecule has 2 fully saturated rings. The monoisotopic (exact) mass is 434 g/mol. The van der Waals surface area contributed by atoms with Crippen LogP contribution in [0.25, 0.3) is 0 Å². The molecule has 4 rings (SSSR count). The van der Waals surface area contributed by atoms with Crippen LogP contribution in [-0.4, -0.2) is 35.9 Å². The second-order valence-corrected chi connectivity index (χ2v) is 9.06. The molecule has 0 bridgehead atoms. The number of carbonyl (C=O) groups excluding carboxylic acids is 2. The van der Waals surface area contributed by atoms with E-state index in [1.165, 1.54) is 38.5 Å². The van der Waals surface area contributed by atoms with E-state index in [0.717, 1.165) is 25.7 Å². The lowest BCUT2D eigenvalue weighted by molar-refractivity contribution is 0.0448. The number of rotatable bonds is 6. The summed E-state index contributed by atoms with van der Waals surface area (Å²) >= 11 is 0. The topological polar surface area (TPSA) is 58.6 Å². The Morgan fingerprint density at radius 1 is 0.812 bits per heavy atom. The maximum atomic E-state index is 13.7. The number of hydrogen-bond acceptors (Lipinski definition) is 3. The minimum atomic E-state index is -0.200. The van der Waals surface area contributed by atoms with Gasteiger partial charge in [-0.25, -0.2) is 0 Å². The summed E-state index contributed by atoms with van der Waals surface area (Å²) in [6, 6.07) is 15.1. The molecular weight excluding hydrogens is 400 g/mol. The Kier molecular flexibility index (Phi) is 7.46. The average molecular weight is 435 g/mol. The summed E-state index contributed by atoms with van der Waals surface area (Å²) in [5, 5.41) is 2.94. The van der Waals surface area contributed by atoms with Crippen LogP contribution in [0.15, 0.2) is 48.5 Å². The van der Waals surface area contributed by atoms with Crippen molar-refractivity contribution in [2.45, 2.75) is 76.3 Å². The summed E-state index contributed by atoms with van der Waals surface area (Å²) in [7, 11) is 1.60. The summed E-state index contributed by atoms with van der Waals surface area (Å²) in [6.45, 7) is 0. The number of nitrogens with one attached hydrogen (secondary N) is 1. The van der Waals surface area contributed by atoms with Crippen LogP contribution in [0, 0.1) is 0 Å². The van der Waals surface area contributed by atoms with Crippen LogP contribution in [0.5, 0.6) is 5.75 Å². The van der Waals surface area contributed by atoms with Crippen molar-refractivity contribution in [2.75, 3.05) is 12.4 Å². The predicted molar refractivity (Wildman–Crippen MR) is 127 cm³/mol. The summed E-state index contributed by atoms with van der Waals surface area (Å²) in [4.78, 5) is 28.6. The van der Waals surface area contributed by atoms with Crippen LogP contribution in [0.2, 0.25) is 0 Å². The van der Waals surface area contributed by atoms with Crippen molar-refractivity contribution in [3.05, 3.63) is 59.7 Å². The van der Waals surface area contributed by atoms with E-state index in [9.17, 15) is 9.59 Å². The van der Waals surface area contributed by atoms with E-state index < -0.39 is 0 Å². The fourth-order valence-corrected chi connectivity index (χ4v) is 5.17. The van der Waals surface area contributed by atoms with Gasteiger partial charge in [0, 0.05) is 28.9 Å². The molecule has 32 heavy (non-hydrogen) atoms. The lowest BCUT2D eigenvalue weighted by atomic mass is 9.88. The molecule has 2 amide bonds. The summed E-state index contributed by atoms with van der Waals surface area (Å²) in [5.74, 6) is 0.623. The van der Waals surface area contributed by atoms with Gasteiger partial charge in [-0.2, -0.15) is 0 Å². The first-order valence-corrected chi connectivity index (χ1v) is 12.0. The minimum absolute atomic E-state index is 0.115. The van der Waals surface area contributed by atoms with Crippen molar-refractivity contribution in [2.24, 2.45) is 0 Å². The second-order valence-electron chi connectivity index (χ2n) is 9.06. The highest BCUT2D eigenvalue weighted by molar-refractivity contribution is 6.05. The SMILES string of the molecule is COc1ccc(C(=O)Nc2cccc(C(=O)N(C3CCCCC3)C3CCCCC3)c2)cc1. The zero-order valence-electron chi connectivity index (χ0n) is 19.0. The molecule has 0 spiro atoms. The second kappa shape index (κ2) is 10.7. The van der Waals surface area contributed by atoms with E-state index in [1.807, 2.05) is 24.3 Å². The zero-order valence-corrected chi connectivity index (χ0v) is 19.0. The Hall–Kier alpha value is -2.82. The van der Waals surface area contributed by atoms with E-state index >= 15 is 0 Å². The van der Waals surface area contributed by atoms with Gasteiger partial charge in [0.2, 0.25) is 0 Å². The molecule has 170 valence electrons. The number of ether oxygens (including phenoxy) is 1. The van der Waals surface area contributed by atoms with Crippen LogP contribution >= 0.6 is 0 Å². The first-order chi connectivity index (χ1) is 15.7. The molecule has 0 aliphatic heterocycles. The number of nitrogens with zero attached hydrogens (tertiary/aromatic N) is 1. The highest BCUT2D eigenvalue weighted by Gasteiger charge is 2.33. The zero-order chi connectivity index (χ0) is 22.3. The summed E-state index contributed by atoms with van der Waals surface area (Å²) in [6.07, 6.45) is 11.8. The Morgan fingerprint density at radius 2 is 1.41 bits per heavy atom. The molecule has 0 saturated heterocycles. The Bertz CT molecular complexity index is 895. The van der Waals surface area contributed by atoms with E-state index in [0.29, 0.717) is 34.6 Å². The molecule has 2 saturated carbocycles. The Balaban J connectivity index is 1.51. The third-order valence-corrected chi connectivity index (χ3v) is 6.89. The van der Waals surface area contributed by atoms with E-state index in [4.69, 9.17) is 4.74 Å². The number of anilines is 1. The van der Waals surface area contributed by atoms with E-state index in [-0.39, 0.29) is 11.8 Å². The highest BCUT2D eigenvalue weighted by atomic mass is 16.5. The largest absolute Gasteiger partial charge is 0.497 e. The predicted octanol–water partition coefficient (Wildman–Crippen LogP) is 6.06. The Labute approximate surface area is 191 Å². The lowest BCUT2D eigenvalue weighted by Crippen LogP contribution is -2.48. The molecule has 2 aliphatic carbocycles. The van der Waals surface area contributed by atoms with Gasteiger partial charge in [0.1, 0.15) is 5.75 Å². The normalized spacial score (nSPS) is 17.5. The van der Waals surface area contributed by atoms with Crippen LogP contribution in [0.3, 0.4) is 0 Å². The Morgan fingerprint density at radius 3 is 1.97 bits per heavy atom. The molecule has 0 atom stereocenters. The van der Waals surface area contributed by atoms with Crippen LogP contribution in [-0.2, 0) is 0 Å². The third kappa shape index (κ3) is 5.32. The molecule has 5 nitrogen and oxygen atoms in total. The van der Waals surface area contributed by atoms with Crippen molar-refractivity contribution in [3.8, 4) is 5.75 Å². The smallest absolute Gasteiger partial charge is 0.255 e. The minimum Gasteiger partial charge on any atom is -0.497 e. The van der Waals surface area contributed by atoms with Crippen molar-refractivity contribution >= 4 is 17.5 Å². The molecular formula is C27H34N2O3. The van der Waals surface area contributed by atoms with Gasteiger partial charge in [-0.3, -0.25) is 9.59 Å². The highest BCUT2D eigenvalue weighted by Crippen LogP contribution is 2.32. The van der Waals surface area contributed by atoms with Gasteiger partial charge in [-0.15, -0.1) is 0 Å². The molecule has 2 aromatic carbocycles. The van der Waals surface area contributed by atoms with Gasteiger partial charge in [0.25, 0.3) is 11.8 Å². The maximum Gasteiger partial charge on any atom is 0.255 e.